The van der Waals surface area contributed by atoms with Crippen molar-refractivity contribution in [1.82, 2.24) is 5.32 Å². The third kappa shape index (κ3) is 71.9. The highest BCUT2D eigenvalue weighted by Crippen LogP contribution is 2.21. The molecule has 0 radical (unpaired) electrons. The van der Waals surface area contributed by atoms with Crippen molar-refractivity contribution in [3.8, 4) is 0 Å². The fourth-order valence-electron chi connectivity index (χ4n) is 13.3. The second-order valence-corrected chi connectivity index (χ2v) is 28.1. The van der Waals surface area contributed by atoms with Crippen molar-refractivity contribution in [2.75, 3.05) is 13.2 Å². The van der Waals surface area contributed by atoms with Gasteiger partial charge in [0.05, 0.1) is 25.4 Å². The Hall–Kier alpha value is -1.14. The maximum absolute atomic E-state index is 12.6. The van der Waals surface area contributed by atoms with Crippen molar-refractivity contribution in [2.24, 2.45) is 0 Å². The van der Waals surface area contributed by atoms with Crippen LogP contribution in [0.2, 0.25) is 0 Å². The fraction of sp³-hybridized carbons (Fsp3) is 0.975. The van der Waals surface area contributed by atoms with Crippen LogP contribution in [0, 0.1) is 0 Å². The highest BCUT2D eigenvalue weighted by atomic mass is 16.5. The normalized spacial score (nSPS) is 12.4. The van der Waals surface area contributed by atoms with Crippen LogP contribution in [-0.4, -0.2) is 47.4 Å². The fourth-order valence-corrected chi connectivity index (χ4v) is 13.3. The molecule has 0 aliphatic heterocycles. The summed E-state index contributed by atoms with van der Waals surface area (Å²) in [5.41, 5.74) is 0. The number of nitrogens with one attached hydrogen (secondary N) is 1. The van der Waals surface area contributed by atoms with Crippen LogP contribution >= 0.6 is 0 Å². The molecule has 6 nitrogen and oxygen atoms in total. The SMILES string of the molecule is CCCCCCCCCCCCCCCCCCCCCCC(O)C(CO)NC(=O)CCCCCCCCCCCCCCCCCCCCCCCCCCCCCCCCCOC(=O)CCCCCCCCCCCCCCCCCCCC. The summed E-state index contributed by atoms with van der Waals surface area (Å²) < 4.78 is 5.52. The predicted molar refractivity (Wildman–Crippen MR) is 380 cm³/mol. The van der Waals surface area contributed by atoms with Gasteiger partial charge in [-0.25, -0.2) is 0 Å². The number of rotatable bonds is 77. The largest absolute Gasteiger partial charge is 0.466 e. The zero-order valence-electron chi connectivity index (χ0n) is 59.1. The summed E-state index contributed by atoms with van der Waals surface area (Å²) in [4.78, 5) is 24.7. The maximum Gasteiger partial charge on any atom is 0.305 e. The Balaban J connectivity index is 3.31. The summed E-state index contributed by atoms with van der Waals surface area (Å²) in [7, 11) is 0. The molecule has 0 bridgehead atoms. The van der Waals surface area contributed by atoms with Gasteiger partial charge in [0.15, 0.2) is 0 Å². The molecule has 0 saturated carbocycles. The third-order valence-corrected chi connectivity index (χ3v) is 19.4. The molecule has 514 valence electrons. The lowest BCUT2D eigenvalue weighted by atomic mass is 10.0. The van der Waals surface area contributed by atoms with E-state index in [2.05, 4.69) is 19.2 Å². The number of amides is 1. The van der Waals surface area contributed by atoms with Crippen LogP contribution in [0.3, 0.4) is 0 Å². The molecule has 0 spiro atoms. The summed E-state index contributed by atoms with van der Waals surface area (Å²) in [6.07, 6.45) is 94.9. The number of aliphatic hydroxyl groups excluding tert-OH is 2. The number of carbonyl (C=O) groups is 2. The Labute approximate surface area is 540 Å². The molecule has 0 aromatic heterocycles. The Morgan fingerprint density at radius 2 is 0.477 bits per heavy atom. The average Bonchev–Trinajstić information content (AvgIpc) is 3.54. The number of esters is 1. The average molecular weight is 1220 g/mol. The molecule has 0 rings (SSSR count). The molecule has 86 heavy (non-hydrogen) atoms. The van der Waals surface area contributed by atoms with E-state index in [1.165, 1.54) is 405 Å². The second kappa shape index (κ2) is 76.3. The van der Waals surface area contributed by atoms with Gasteiger partial charge in [-0.3, -0.25) is 9.59 Å². The van der Waals surface area contributed by atoms with Crippen LogP contribution in [0.15, 0.2) is 0 Å². The Morgan fingerprint density at radius 3 is 0.709 bits per heavy atom. The summed E-state index contributed by atoms with van der Waals surface area (Å²) in [6, 6.07) is -0.538. The van der Waals surface area contributed by atoms with Gasteiger partial charge in [0.25, 0.3) is 0 Å². The molecule has 0 aromatic rings. The van der Waals surface area contributed by atoms with Gasteiger partial charge in [-0.2, -0.15) is 0 Å². The van der Waals surface area contributed by atoms with Crippen LogP contribution in [-0.2, 0) is 14.3 Å². The van der Waals surface area contributed by atoms with E-state index in [0.29, 0.717) is 25.9 Å². The maximum atomic E-state index is 12.6. The highest BCUT2D eigenvalue weighted by molar-refractivity contribution is 5.76. The van der Waals surface area contributed by atoms with Crippen LogP contribution in [0.5, 0.6) is 0 Å². The van der Waals surface area contributed by atoms with E-state index in [1.54, 1.807) is 0 Å². The van der Waals surface area contributed by atoms with Gasteiger partial charge in [0.1, 0.15) is 0 Å². The first kappa shape index (κ1) is 84.9. The van der Waals surface area contributed by atoms with E-state index in [1.807, 2.05) is 0 Å². The van der Waals surface area contributed by atoms with Gasteiger partial charge >= 0.3 is 5.97 Å². The minimum atomic E-state index is -0.661. The minimum Gasteiger partial charge on any atom is -0.466 e. The molecule has 3 N–H and O–H groups in total. The Kier molecular flexibility index (Phi) is 75.3. The van der Waals surface area contributed by atoms with Crippen molar-refractivity contribution < 1.29 is 24.5 Å². The number of hydrogen-bond acceptors (Lipinski definition) is 5. The van der Waals surface area contributed by atoms with E-state index in [0.717, 1.165) is 38.5 Å². The number of carbonyl (C=O) groups excluding carboxylic acids is 2. The van der Waals surface area contributed by atoms with E-state index >= 15 is 0 Å². The van der Waals surface area contributed by atoms with Gasteiger partial charge in [-0.1, -0.05) is 438 Å². The molecule has 0 aromatic carbocycles. The Bertz CT molecular complexity index is 1260. The summed E-state index contributed by atoms with van der Waals surface area (Å²) in [5, 5.41) is 23.4. The van der Waals surface area contributed by atoms with Crippen molar-refractivity contribution in [3.63, 3.8) is 0 Å². The first-order chi connectivity index (χ1) is 42.5. The molecular weight excluding hydrogens is 1050 g/mol. The standard InChI is InChI=1S/C80H159NO5/c1-3-5-7-9-11-13-15-17-19-21-23-37-40-44-48-52-56-60-64-68-72-78(83)77(76-82)81-79(84)73-69-65-61-57-53-49-45-41-38-35-33-31-29-27-25-24-26-28-30-32-34-36-39-43-47-51-55-59-63-67-71-75-86-80(85)74-70-66-62-58-54-50-46-42-22-20-18-16-14-12-10-8-6-4-2/h77-78,82-83H,3-76H2,1-2H3,(H,81,84). The van der Waals surface area contributed by atoms with E-state index in [4.69, 9.17) is 4.74 Å². The molecule has 0 fully saturated rings. The summed E-state index contributed by atoms with van der Waals surface area (Å²) in [6.45, 7) is 5.02. The van der Waals surface area contributed by atoms with E-state index in [-0.39, 0.29) is 18.5 Å². The highest BCUT2D eigenvalue weighted by Gasteiger charge is 2.20. The molecule has 0 aliphatic carbocycles. The van der Waals surface area contributed by atoms with Crippen LogP contribution < -0.4 is 5.32 Å². The molecule has 1 amide bonds. The lowest BCUT2D eigenvalue weighted by Gasteiger charge is -2.22. The van der Waals surface area contributed by atoms with Gasteiger partial charge in [-0.15, -0.1) is 0 Å². The molecule has 2 atom stereocenters. The van der Waals surface area contributed by atoms with Gasteiger partial charge < -0.3 is 20.3 Å². The van der Waals surface area contributed by atoms with Crippen LogP contribution in [0.1, 0.15) is 476 Å². The molecule has 0 heterocycles. The number of ether oxygens (including phenoxy) is 1. The zero-order chi connectivity index (χ0) is 62.0. The van der Waals surface area contributed by atoms with Crippen molar-refractivity contribution >= 4 is 11.9 Å². The Morgan fingerprint density at radius 1 is 0.279 bits per heavy atom. The topological polar surface area (TPSA) is 95.9 Å². The van der Waals surface area contributed by atoms with Crippen LogP contribution in [0.25, 0.3) is 0 Å². The first-order valence-corrected chi connectivity index (χ1v) is 40.3. The number of unbranched alkanes of at least 4 members (excludes halogenated alkanes) is 66. The van der Waals surface area contributed by atoms with E-state index < -0.39 is 12.1 Å². The second-order valence-electron chi connectivity index (χ2n) is 28.1. The zero-order valence-corrected chi connectivity index (χ0v) is 59.1. The molecule has 0 aliphatic rings. The van der Waals surface area contributed by atoms with Gasteiger partial charge in [-0.05, 0) is 25.7 Å². The summed E-state index contributed by atoms with van der Waals surface area (Å²) >= 11 is 0. The smallest absolute Gasteiger partial charge is 0.305 e. The van der Waals surface area contributed by atoms with Crippen LogP contribution in [0.4, 0.5) is 0 Å². The number of hydrogen-bond donors (Lipinski definition) is 3. The van der Waals surface area contributed by atoms with E-state index in [9.17, 15) is 19.8 Å². The first-order valence-electron chi connectivity index (χ1n) is 40.3. The molecule has 6 heteroatoms. The molecule has 0 saturated heterocycles. The summed E-state index contributed by atoms with van der Waals surface area (Å²) in [5.74, 6) is 0.00195. The number of aliphatic hydroxyl groups is 2. The molecule has 2 unspecified atom stereocenters. The third-order valence-electron chi connectivity index (χ3n) is 19.4. The molecular formula is C80H159NO5. The quantitative estimate of drug-likeness (QED) is 0.0417. The minimum absolute atomic E-state index is 0.0248. The predicted octanol–water partition coefficient (Wildman–Crippen LogP) is 26.5. The van der Waals surface area contributed by atoms with Crippen molar-refractivity contribution in [2.45, 2.75) is 488 Å². The monoisotopic (exact) mass is 1210 g/mol. The lowest BCUT2D eigenvalue weighted by Crippen LogP contribution is -2.45. The lowest BCUT2D eigenvalue weighted by molar-refractivity contribution is -0.143. The van der Waals surface area contributed by atoms with Gasteiger partial charge in [0, 0.05) is 12.8 Å². The van der Waals surface area contributed by atoms with Crippen molar-refractivity contribution in [3.05, 3.63) is 0 Å². The van der Waals surface area contributed by atoms with Gasteiger partial charge in [0.2, 0.25) is 5.91 Å². The van der Waals surface area contributed by atoms with Crippen molar-refractivity contribution in [1.29, 1.82) is 0 Å².